The average Bonchev–Trinajstić information content (AvgIpc) is 2.59. The Morgan fingerprint density at radius 1 is 0.440 bits per heavy atom. The Bertz CT molecular complexity index is 207. The molecule has 0 spiro atoms. The molecule has 0 rings (SSSR count). The Balaban J connectivity index is 0. The van der Waals surface area contributed by atoms with Gasteiger partial charge in [0.25, 0.3) is 0 Å². The monoisotopic (exact) mass is 479 g/mol. The third-order valence-electron chi connectivity index (χ3n) is 3.76. The topological polar surface area (TPSA) is 36.9 Å². The smallest absolute Gasteiger partial charge is 0.0505 e. The van der Waals surface area contributed by atoms with Crippen LogP contribution in [0.15, 0.2) is 0 Å². The van der Waals surface area contributed by atoms with Crippen LogP contribution in [-0.2, 0) is 39.1 Å². The van der Waals surface area contributed by atoms with Crippen LogP contribution in [0.1, 0.15) is 27.7 Å². The van der Waals surface area contributed by atoms with Crippen molar-refractivity contribution in [3.63, 3.8) is 0 Å². The molecule has 25 heavy (non-hydrogen) atoms. The molecule has 0 atom stereocenters. The Hall–Kier alpha value is 1.35. The number of rotatable bonds is 19. The first-order valence-corrected chi connectivity index (χ1v) is 13.3. The minimum absolute atomic E-state index is 0. The van der Waals surface area contributed by atoms with Crippen molar-refractivity contribution >= 4 is 15.8 Å². The van der Waals surface area contributed by atoms with Gasteiger partial charge in [0.05, 0.1) is 26.4 Å². The van der Waals surface area contributed by atoms with Gasteiger partial charge in [-0.3, -0.25) is 0 Å². The van der Waals surface area contributed by atoms with Gasteiger partial charge < -0.3 is 18.9 Å². The van der Waals surface area contributed by atoms with E-state index in [1.807, 2.05) is 0 Å². The zero-order valence-corrected chi connectivity index (χ0v) is 20.5. The van der Waals surface area contributed by atoms with Crippen LogP contribution in [0.4, 0.5) is 0 Å². The molecule has 153 valence electrons. The second kappa shape index (κ2) is 23.4. The zero-order valence-electron chi connectivity index (χ0n) is 16.8. The van der Waals surface area contributed by atoms with Gasteiger partial charge >= 0.3 is 0 Å². The molecule has 0 aliphatic heterocycles. The summed E-state index contributed by atoms with van der Waals surface area (Å²) in [6.45, 7) is 15.2. The summed E-state index contributed by atoms with van der Waals surface area (Å²) in [6.07, 6.45) is 7.57. The maximum atomic E-state index is 5.58. The van der Waals surface area contributed by atoms with Crippen LogP contribution in [0.2, 0.25) is 0 Å². The molecule has 0 heterocycles. The van der Waals surface area contributed by atoms with Crippen molar-refractivity contribution in [1.29, 1.82) is 0 Å². The van der Waals surface area contributed by atoms with E-state index in [2.05, 4.69) is 27.7 Å². The second-order valence-electron chi connectivity index (χ2n) is 5.47. The third-order valence-corrected chi connectivity index (χ3v) is 9.08. The van der Waals surface area contributed by atoms with E-state index >= 15 is 0 Å². The van der Waals surface area contributed by atoms with Gasteiger partial charge in [-0.25, -0.2) is 0 Å². The van der Waals surface area contributed by atoms with Crippen LogP contribution in [0.25, 0.3) is 0 Å². The summed E-state index contributed by atoms with van der Waals surface area (Å²) >= 11 is 0. The number of hydrogen-bond donors (Lipinski definition) is 0. The summed E-state index contributed by atoms with van der Waals surface area (Å²) in [7, 11) is 0.0619. The van der Waals surface area contributed by atoms with Crippen LogP contribution >= 0.6 is 15.8 Å². The first kappa shape index (κ1) is 28.6. The molecule has 0 aliphatic carbocycles. The van der Waals surface area contributed by atoms with Crippen LogP contribution in [0.5, 0.6) is 0 Å². The summed E-state index contributed by atoms with van der Waals surface area (Å²) in [5.41, 5.74) is 0. The minimum Gasteiger partial charge on any atom is -0.381 e. The van der Waals surface area contributed by atoms with Gasteiger partial charge in [0.1, 0.15) is 0 Å². The zero-order chi connectivity index (χ0) is 17.9. The first-order chi connectivity index (χ1) is 11.8. The first-order valence-electron chi connectivity index (χ1n) is 9.54. The average molecular weight is 480 g/mol. The van der Waals surface area contributed by atoms with E-state index in [0.717, 1.165) is 52.9 Å². The molecule has 0 unspecified atom stereocenters. The summed E-state index contributed by atoms with van der Waals surface area (Å²) < 4.78 is 22.3. The fraction of sp³-hybridized carbons (Fsp3) is 1.00. The van der Waals surface area contributed by atoms with E-state index in [1.54, 1.807) is 0 Å². The minimum atomic E-state index is 0. The Morgan fingerprint density at radius 3 is 0.880 bits per heavy atom. The van der Waals surface area contributed by atoms with E-state index in [0.29, 0.717) is 0 Å². The third kappa shape index (κ3) is 19.9. The molecular formula is C18H40O4P2Tc. The Labute approximate surface area is 172 Å². The second-order valence-corrected chi connectivity index (χ2v) is 10.8. The van der Waals surface area contributed by atoms with Crippen molar-refractivity contribution in [2.24, 2.45) is 0 Å². The molecule has 4 nitrogen and oxygen atoms in total. The van der Waals surface area contributed by atoms with Crippen molar-refractivity contribution in [3.05, 3.63) is 0 Å². The SMILES string of the molecule is CCOCCP(CCOCC)CCP(CCOCC)CCOCC.[Tc]. The van der Waals surface area contributed by atoms with Gasteiger partial charge in [-0.05, 0) is 64.7 Å². The van der Waals surface area contributed by atoms with E-state index < -0.39 is 0 Å². The van der Waals surface area contributed by atoms with Crippen LogP contribution < -0.4 is 0 Å². The maximum absolute atomic E-state index is 5.58. The van der Waals surface area contributed by atoms with E-state index in [-0.39, 0.29) is 35.9 Å². The van der Waals surface area contributed by atoms with Gasteiger partial charge in [0.15, 0.2) is 0 Å². The normalized spacial score (nSPS) is 11.3. The molecule has 0 fully saturated rings. The fourth-order valence-electron chi connectivity index (χ4n) is 2.31. The van der Waals surface area contributed by atoms with E-state index in [4.69, 9.17) is 18.9 Å². The molecule has 0 aromatic carbocycles. The van der Waals surface area contributed by atoms with Gasteiger partial charge in [-0.15, -0.1) is 15.8 Å². The maximum Gasteiger partial charge on any atom is 0.0505 e. The predicted octanol–water partition coefficient (Wildman–Crippen LogP) is 4.09. The summed E-state index contributed by atoms with van der Waals surface area (Å²) in [4.78, 5) is 0. The van der Waals surface area contributed by atoms with Crippen molar-refractivity contribution in [3.8, 4) is 0 Å². The summed E-state index contributed by atoms with van der Waals surface area (Å²) in [6, 6.07) is 0. The van der Waals surface area contributed by atoms with Gasteiger partial charge in [0.2, 0.25) is 0 Å². The molecule has 0 saturated heterocycles. The molecule has 0 aromatic heterocycles. The van der Waals surface area contributed by atoms with Gasteiger partial charge in [-0.2, -0.15) is 0 Å². The van der Waals surface area contributed by atoms with Gasteiger partial charge in [-0.1, -0.05) is 0 Å². The quantitative estimate of drug-likeness (QED) is 0.206. The Morgan fingerprint density at radius 2 is 0.680 bits per heavy atom. The van der Waals surface area contributed by atoms with Crippen LogP contribution in [0.3, 0.4) is 0 Å². The largest absolute Gasteiger partial charge is 0.381 e. The molecule has 0 bridgehead atoms. The van der Waals surface area contributed by atoms with Crippen LogP contribution in [0, 0.1) is 0 Å². The standard InChI is InChI=1S/C18H40O4P2.Tc/c1-5-19-9-13-23(14-10-20-6-2)17-18-24(15-11-21-7-3)16-12-22-8-4;/h5-18H2,1-4H3;. The van der Waals surface area contributed by atoms with Crippen molar-refractivity contribution in [2.45, 2.75) is 27.7 Å². The molecular weight excluding hydrogens is 440 g/mol. The molecule has 0 aromatic rings. The Kier molecular flexibility index (Phi) is 26.7. The molecule has 1 radical (unpaired) electrons. The predicted molar refractivity (Wildman–Crippen MR) is 109 cm³/mol. The summed E-state index contributed by atoms with van der Waals surface area (Å²) in [5, 5.41) is 0. The molecule has 0 N–H and O–H groups in total. The molecule has 7 heteroatoms. The number of ether oxygens (including phenoxy) is 4. The van der Waals surface area contributed by atoms with E-state index in [9.17, 15) is 0 Å². The van der Waals surface area contributed by atoms with Crippen LogP contribution in [-0.4, -0.2) is 89.8 Å². The number of hydrogen-bond acceptors (Lipinski definition) is 4. The van der Waals surface area contributed by atoms with Crippen molar-refractivity contribution in [2.75, 3.05) is 89.8 Å². The molecule has 0 aliphatic rings. The summed E-state index contributed by atoms with van der Waals surface area (Å²) in [5.74, 6) is 0. The van der Waals surface area contributed by atoms with Crippen molar-refractivity contribution in [1.82, 2.24) is 0 Å². The van der Waals surface area contributed by atoms with E-state index in [1.165, 1.54) is 37.0 Å². The molecule has 0 amide bonds. The fourth-order valence-corrected chi connectivity index (χ4v) is 7.46. The van der Waals surface area contributed by atoms with Gasteiger partial charge in [0, 0.05) is 46.5 Å². The van der Waals surface area contributed by atoms with Crippen molar-refractivity contribution < 1.29 is 39.1 Å². The molecule has 0 saturated carbocycles.